The molecule has 0 aliphatic rings. The van der Waals surface area contributed by atoms with Crippen molar-refractivity contribution in [1.29, 1.82) is 0 Å². The molecule has 0 heterocycles. The number of nitrogens with zero attached hydrogens (tertiary/aromatic N) is 2. The summed E-state index contributed by atoms with van der Waals surface area (Å²) in [5, 5.41) is 0. The van der Waals surface area contributed by atoms with Gasteiger partial charge in [-0.15, -0.1) is 12.6 Å². The largest absolute Gasteiger partial charge is 0.372 e. The summed E-state index contributed by atoms with van der Waals surface area (Å²) in [6.07, 6.45) is 0. The molecule has 0 spiro atoms. The monoisotopic (exact) mass is 333 g/mol. The number of nitrogens with one attached hydrogen (secondary N) is 1. The molecule has 1 N–H and O–H groups in total. The van der Waals surface area contributed by atoms with Gasteiger partial charge in [0.05, 0.1) is 11.4 Å². The molecule has 0 saturated carbocycles. The molecule has 5 heteroatoms. The minimum absolute atomic E-state index is 0.980. The summed E-state index contributed by atoms with van der Waals surface area (Å²) in [5.41, 5.74) is 2.34. The Morgan fingerprint density at radius 1 is 0.955 bits per heavy atom. The van der Waals surface area contributed by atoms with Crippen molar-refractivity contribution in [2.45, 2.75) is 9.79 Å². The van der Waals surface area contributed by atoms with Gasteiger partial charge in [-0.1, -0.05) is 12.1 Å². The maximum Gasteiger partial charge on any atom is 0.0679 e. The van der Waals surface area contributed by atoms with Crippen LogP contribution in [-0.2, 0) is 0 Å². The van der Waals surface area contributed by atoms with Crippen LogP contribution in [0, 0.1) is 0 Å². The molecule has 0 fully saturated rings. The van der Waals surface area contributed by atoms with Crippen LogP contribution < -0.4 is 9.62 Å². The predicted molar refractivity (Wildman–Crippen MR) is 101 cm³/mol. The molecule has 0 unspecified atom stereocenters. The average molecular weight is 334 g/mol. The fourth-order valence-electron chi connectivity index (χ4n) is 1.99. The highest BCUT2D eigenvalue weighted by Crippen LogP contribution is 2.29. The summed E-state index contributed by atoms with van der Waals surface area (Å²) >= 11 is 5.93. The van der Waals surface area contributed by atoms with Crippen LogP contribution in [0.25, 0.3) is 0 Å². The zero-order chi connectivity index (χ0) is 15.9. The van der Waals surface area contributed by atoms with Crippen molar-refractivity contribution >= 4 is 36.0 Å². The Balaban J connectivity index is 2.02. The number of thiol groups is 1. The smallest absolute Gasteiger partial charge is 0.0679 e. The Labute approximate surface area is 143 Å². The minimum Gasteiger partial charge on any atom is -0.372 e. The van der Waals surface area contributed by atoms with Crippen LogP contribution in [-0.4, -0.2) is 39.1 Å². The van der Waals surface area contributed by atoms with Gasteiger partial charge in [0.2, 0.25) is 0 Å². The Hall–Kier alpha value is -1.30. The maximum atomic E-state index is 4.31. The summed E-state index contributed by atoms with van der Waals surface area (Å²) < 4.78 is 3.45. The quantitative estimate of drug-likeness (QED) is 0.587. The van der Waals surface area contributed by atoms with E-state index in [4.69, 9.17) is 0 Å². The van der Waals surface area contributed by atoms with E-state index in [1.165, 1.54) is 10.6 Å². The molecule has 0 amide bonds. The standard InChI is InChI=1S/C17H23N3S2/c1-19(2)12-13-20(3)17-7-5-4-6-16(17)18-22-15-10-8-14(21)9-11-15/h4-11,18,21H,12-13H2,1-3H3. The topological polar surface area (TPSA) is 18.5 Å². The molecule has 0 saturated heterocycles. The van der Waals surface area contributed by atoms with Crippen LogP contribution in [0.4, 0.5) is 11.4 Å². The maximum absolute atomic E-state index is 4.31. The lowest BCUT2D eigenvalue weighted by Crippen LogP contribution is -2.28. The second-order valence-corrected chi connectivity index (χ2v) is 6.84. The van der Waals surface area contributed by atoms with E-state index in [0.717, 1.165) is 23.7 Å². The van der Waals surface area contributed by atoms with Crippen LogP contribution in [0.2, 0.25) is 0 Å². The highest BCUT2D eigenvalue weighted by molar-refractivity contribution is 8.00. The van der Waals surface area contributed by atoms with Crippen molar-refractivity contribution in [2.24, 2.45) is 0 Å². The van der Waals surface area contributed by atoms with E-state index in [1.54, 1.807) is 11.9 Å². The molecule has 22 heavy (non-hydrogen) atoms. The summed E-state index contributed by atoms with van der Waals surface area (Å²) in [5.74, 6) is 0. The molecule has 118 valence electrons. The number of para-hydroxylation sites is 2. The van der Waals surface area contributed by atoms with Crippen molar-refractivity contribution < 1.29 is 0 Å². The summed E-state index contributed by atoms with van der Waals surface area (Å²) in [6.45, 7) is 2.02. The Kier molecular flexibility index (Phi) is 6.49. The molecule has 0 bridgehead atoms. The lowest BCUT2D eigenvalue weighted by molar-refractivity contribution is 0.416. The van der Waals surface area contributed by atoms with E-state index >= 15 is 0 Å². The van der Waals surface area contributed by atoms with Gasteiger partial charge in [0.1, 0.15) is 0 Å². The highest BCUT2D eigenvalue weighted by Gasteiger charge is 2.07. The lowest BCUT2D eigenvalue weighted by Gasteiger charge is -2.24. The zero-order valence-corrected chi connectivity index (χ0v) is 15.0. The average Bonchev–Trinajstić information content (AvgIpc) is 2.52. The van der Waals surface area contributed by atoms with Gasteiger partial charge in [0.15, 0.2) is 0 Å². The molecule has 0 aromatic heterocycles. The van der Waals surface area contributed by atoms with Gasteiger partial charge in [0, 0.05) is 29.9 Å². The molecule has 0 aliphatic heterocycles. The third kappa shape index (κ3) is 5.16. The van der Waals surface area contributed by atoms with E-state index in [0.29, 0.717) is 0 Å². The van der Waals surface area contributed by atoms with Crippen LogP contribution in [0.3, 0.4) is 0 Å². The molecular formula is C17H23N3S2. The molecule has 2 aromatic carbocycles. The van der Waals surface area contributed by atoms with Crippen LogP contribution in [0.5, 0.6) is 0 Å². The van der Waals surface area contributed by atoms with Crippen molar-refractivity contribution in [3.63, 3.8) is 0 Å². The first kappa shape index (κ1) is 17.1. The molecule has 0 atom stereocenters. The third-order valence-corrected chi connectivity index (χ3v) is 4.44. The number of anilines is 2. The van der Waals surface area contributed by atoms with Gasteiger partial charge in [-0.2, -0.15) is 0 Å². The lowest BCUT2D eigenvalue weighted by atomic mass is 10.2. The molecule has 2 aromatic rings. The van der Waals surface area contributed by atoms with E-state index in [9.17, 15) is 0 Å². The zero-order valence-electron chi connectivity index (χ0n) is 13.3. The number of likely N-dealkylation sites (N-methyl/N-ethyl adjacent to an activating group) is 2. The highest BCUT2D eigenvalue weighted by atomic mass is 32.2. The number of hydrogen-bond donors (Lipinski definition) is 2. The number of rotatable bonds is 7. The van der Waals surface area contributed by atoms with Gasteiger partial charge >= 0.3 is 0 Å². The molecule has 0 radical (unpaired) electrons. The number of benzene rings is 2. The van der Waals surface area contributed by atoms with Gasteiger partial charge < -0.3 is 14.5 Å². The van der Waals surface area contributed by atoms with Crippen LogP contribution in [0.15, 0.2) is 58.3 Å². The van der Waals surface area contributed by atoms with Gasteiger partial charge in [-0.25, -0.2) is 0 Å². The van der Waals surface area contributed by atoms with Crippen LogP contribution in [0.1, 0.15) is 0 Å². The Morgan fingerprint density at radius 2 is 1.64 bits per heavy atom. The first-order valence-electron chi connectivity index (χ1n) is 7.23. The molecule has 2 rings (SSSR count). The first-order chi connectivity index (χ1) is 10.6. The van der Waals surface area contributed by atoms with E-state index in [2.05, 4.69) is 84.7 Å². The third-order valence-electron chi connectivity index (χ3n) is 3.31. The molecule has 0 aliphatic carbocycles. The number of hydrogen-bond acceptors (Lipinski definition) is 5. The fraction of sp³-hybridized carbons (Fsp3) is 0.294. The van der Waals surface area contributed by atoms with Gasteiger partial charge in [-0.05, 0) is 62.4 Å². The van der Waals surface area contributed by atoms with Gasteiger partial charge in [0.25, 0.3) is 0 Å². The normalized spacial score (nSPS) is 10.8. The van der Waals surface area contributed by atoms with E-state index < -0.39 is 0 Å². The second-order valence-electron chi connectivity index (χ2n) is 5.44. The second kappa shape index (κ2) is 8.36. The van der Waals surface area contributed by atoms with Crippen molar-refractivity contribution in [3.8, 4) is 0 Å². The Morgan fingerprint density at radius 3 is 2.32 bits per heavy atom. The van der Waals surface area contributed by atoms with Crippen LogP contribution >= 0.6 is 24.6 Å². The summed E-state index contributed by atoms with van der Waals surface area (Å²) in [4.78, 5) is 6.62. The molecular weight excluding hydrogens is 310 g/mol. The summed E-state index contributed by atoms with van der Waals surface area (Å²) in [7, 11) is 6.32. The minimum atomic E-state index is 0.980. The van der Waals surface area contributed by atoms with E-state index in [-0.39, 0.29) is 0 Å². The van der Waals surface area contributed by atoms with Crippen molar-refractivity contribution in [1.82, 2.24) is 4.90 Å². The van der Waals surface area contributed by atoms with Crippen molar-refractivity contribution in [3.05, 3.63) is 48.5 Å². The fourth-order valence-corrected chi connectivity index (χ4v) is 2.81. The SMILES string of the molecule is CN(C)CCN(C)c1ccccc1NSc1ccc(S)cc1. The summed E-state index contributed by atoms with van der Waals surface area (Å²) in [6, 6.07) is 16.5. The van der Waals surface area contributed by atoms with Gasteiger partial charge in [-0.3, -0.25) is 0 Å². The van der Waals surface area contributed by atoms with E-state index in [1.807, 2.05) is 12.1 Å². The molecule has 3 nitrogen and oxygen atoms in total. The van der Waals surface area contributed by atoms with Crippen molar-refractivity contribution in [2.75, 3.05) is 43.9 Å². The first-order valence-corrected chi connectivity index (χ1v) is 8.49. The predicted octanol–water partition coefficient (Wildman–Crippen LogP) is 4.09. The Bertz CT molecular complexity index is 585.